The second kappa shape index (κ2) is 10.1. The van der Waals surface area contributed by atoms with Crippen molar-refractivity contribution in [2.75, 3.05) is 18.4 Å². The van der Waals surface area contributed by atoms with E-state index in [1.54, 1.807) is 24.3 Å². The monoisotopic (exact) mass is 413 g/mol. The second-order valence-electron chi connectivity index (χ2n) is 7.03. The molecule has 6 nitrogen and oxygen atoms in total. The number of carbonyl (C=O) groups is 3. The van der Waals surface area contributed by atoms with Crippen LogP contribution in [0.4, 0.5) is 5.69 Å². The van der Waals surface area contributed by atoms with E-state index in [9.17, 15) is 14.4 Å². The van der Waals surface area contributed by atoms with Crippen molar-refractivity contribution >= 4 is 35.0 Å². The summed E-state index contributed by atoms with van der Waals surface area (Å²) < 4.78 is 0. The number of amides is 3. The zero-order valence-corrected chi connectivity index (χ0v) is 16.9. The maximum atomic E-state index is 12.2. The maximum absolute atomic E-state index is 12.2. The van der Waals surface area contributed by atoms with Gasteiger partial charge in [0.25, 0.3) is 5.91 Å². The molecule has 1 saturated heterocycles. The molecule has 0 unspecified atom stereocenters. The van der Waals surface area contributed by atoms with Crippen LogP contribution < -0.4 is 10.6 Å². The number of anilines is 1. The standard InChI is InChI=1S/C22H24ClN3O3/c23-18-10-8-17(9-11-18)22(29)24-12-2-6-20(27)25-19-5-1-4-16(14-19)15-26-13-3-7-21(26)28/h1,4-5,8-11,14H,2-3,6-7,12-13,15H2,(H,24,29)(H,25,27). The Morgan fingerprint density at radius 1 is 1.10 bits per heavy atom. The SMILES string of the molecule is O=C(CCCNC(=O)c1ccc(Cl)cc1)Nc1cccc(CN2CCCC2=O)c1. The number of hydrogen-bond donors (Lipinski definition) is 2. The number of halogens is 1. The molecule has 0 bridgehead atoms. The average Bonchev–Trinajstić information content (AvgIpc) is 3.10. The van der Waals surface area contributed by atoms with Crippen LogP contribution >= 0.6 is 11.6 Å². The molecule has 7 heteroatoms. The van der Waals surface area contributed by atoms with Gasteiger partial charge in [-0.2, -0.15) is 0 Å². The first-order valence-corrected chi connectivity index (χ1v) is 10.1. The van der Waals surface area contributed by atoms with E-state index in [1.165, 1.54) is 0 Å². The maximum Gasteiger partial charge on any atom is 0.251 e. The van der Waals surface area contributed by atoms with Crippen LogP contribution in [0.1, 0.15) is 41.6 Å². The molecule has 2 aromatic rings. The van der Waals surface area contributed by atoms with Crippen molar-refractivity contribution in [3.8, 4) is 0 Å². The molecule has 0 spiro atoms. The fourth-order valence-corrected chi connectivity index (χ4v) is 3.34. The number of nitrogens with zero attached hydrogens (tertiary/aromatic N) is 1. The van der Waals surface area contributed by atoms with E-state index in [4.69, 9.17) is 11.6 Å². The van der Waals surface area contributed by atoms with Crippen LogP contribution in [0.5, 0.6) is 0 Å². The first-order chi connectivity index (χ1) is 14.0. The van der Waals surface area contributed by atoms with Crippen molar-refractivity contribution in [1.82, 2.24) is 10.2 Å². The number of nitrogens with one attached hydrogen (secondary N) is 2. The predicted molar refractivity (Wildman–Crippen MR) is 113 cm³/mol. The lowest BCUT2D eigenvalue weighted by molar-refractivity contribution is -0.128. The molecule has 0 radical (unpaired) electrons. The Labute approximate surface area is 175 Å². The summed E-state index contributed by atoms with van der Waals surface area (Å²) in [6, 6.07) is 14.2. The highest BCUT2D eigenvalue weighted by atomic mass is 35.5. The third-order valence-electron chi connectivity index (χ3n) is 4.73. The molecule has 1 fully saturated rings. The quantitative estimate of drug-likeness (QED) is 0.649. The number of rotatable bonds is 8. The Balaban J connectivity index is 1.40. The van der Waals surface area contributed by atoms with Gasteiger partial charge in [0.15, 0.2) is 0 Å². The van der Waals surface area contributed by atoms with Crippen LogP contribution in [0.2, 0.25) is 5.02 Å². The van der Waals surface area contributed by atoms with E-state index < -0.39 is 0 Å². The van der Waals surface area contributed by atoms with Crippen LogP contribution in [0.3, 0.4) is 0 Å². The fraction of sp³-hybridized carbons (Fsp3) is 0.318. The predicted octanol–water partition coefficient (Wildman–Crippen LogP) is 3.61. The molecule has 3 amide bonds. The molecular formula is C22H24ClN3O3. The normalized spacial score (nSPS) is 13.4. The molecule has 152 valence electrons. The minimum absolute atomic E-state index is 0.111. The van der Waals surface area contributed by atoms with E-state index in [1.807, 2.05) is 29.2 Å². The van der Waals surface area contributed by atoms with Crippen LogP contribution in [-0.2, 0) is 16.1 Å². The molecule has 0 atom stereocenters. The molecule has 2 N–H and O–H groups in total. The van der Waals surface area contributed by atoms with E-state index in [2.05, 4.69) is 10.6 Å². The molecule has 0 saturated carbocycles. The lowest BCUT2D eigenvalue weighted by Gasteiger charge is -2.16. The van der Waals surface area contributed by atoms with Gasteiger partial charge in [-0.15, -0.1) is 0 Å². The molecule has 3 rings (SSSR count). The van der Waals surface area contributed by atoms with Gasteiger partial charge in [-0.05, 0) is 54.8 Å². The topological polar surface area (TPSA) is 78.5 Å². The largest absolute Gasteiger partial charge is 0.352 e. The van der Waals surface area contributed by atoms with Crippen molar-refractivity contribution in [2.24, 2.45) is 0 Å². The molecule has 1 heterocycles. The molecule has 1 aliphatic rings. The van der Waals surface area contributed by atoms with Gasteiger partial charge >= 0.3 is 0 Å². The smallest absolute Gasteiger partial charge is 0.251 e. The van der Waals surface area contributed by atoms with E-state index >= 15 is 0 Å². The van der Waals surface area contributed by atoms with Crippen LogP contribution in [0.25, 0.3) is 0 Å². The first-order valence-electron chi connectivity index (χ1n) is 9.71. The van der Waals surface area contributed by atoms with E-state index in [0.717, 1.165) is 18.5 Å². The Morgan fingerprint density at radius 2 is 1.90 bits per heavy atom. The van der Waals surface area contributed by atoms with Gasteiger partial charge in [-0.3, -0.25) is 14.4 Å². The van der Waals surface area contributed by atoms with E-state index in [-0.39, 0.29) is 17.7 Å². The van der Waals surface area contributed by atoms with Gasteiger partial charge in [0.1, 0.15) is 0 Å². The third-order valence-corrected chi connectivity index (χ3v) is 4.98. The number of hydrogen-bond acceptors (Lipinski definition) is 3. The molecular weight excluding hydrogens is 390 g/mol. The van der Waals surface area contributed by atoms with Gasteiger partial charge in [-0.25, -0.2) is 0 Å². The molecule has 0 aliphatic carbocycles. The Bertz CT molecular complexity index is 883. The highest BCUT2D eigenvalue weighted by Crippen LogP contribution is 2.17. The Kier molecular flexibility index (Phi) is 7.25. The minimum atomic E-state index is -0.189. The molecule has 0 aromatic heterocycles. The zero-order valence-electron chi connectivity index (χ0n) is 16.1. The number of benzene rings is 2. The lowest BCUT2D eigenvalue weighted by Crippen LogP contribution is -2.25. The second-order valence-corrected chi connectivity index (χ2v) is 7.47. The van der Waals surface area contributed by atoms with Crippen LogP contribution in [0, 0.1) is 0 Å². The van der Waals surface area contributed by atoms with Crippen LogP contribution in [0.15, 0.2) is 48.5 Å². The third kappa shape index (κ3) is 6.32. The summed E-state index contributed by atoms with van der Waals surface area (Å²) in [5.41, 5.74) is 2.24. The molecule has 2 aromatic carbocycles. The fourth-order valence-electron chi connectivity index (χ4n) is 3.22. The van der Waals surface area contributed by atoms with E-state index in [0.29, 0.717) is 48.6 Å². The first kappa shape index (κ1) is 20.9. The average molecular weight is 414 g/mol. The summed E-state index contributed by atoms with van der Waals surface area (Å²) in [5.74, 6) is -0.119. The highest BCUT2D eigenvalue weighted by molar-refractivity contribution is 6.30. The molecule has 29 heavy (non-hydrogen) atoms. The highest BCUT2D eigenvalue weighted by Gasteiger charge is 2.20. The minimum Gasteiger partial charge on any atom is -0.352 e. The van der Waals surface area contributed by atoms with Crippen LogP contribution in [-0.4, -0.2) is 35.7 Å². The van der Waals surface area contributed by atoms with Gasteiger partial charge in [0, 0.05) is 48.7 Å². The van der Waals surface area contributed by atoms with Crippen molar-refractivity contribution in [3.05, 3.63) is 64.7 Å². The zero-order chi connectivity index (χ0) is 20.6. The summed E-state index contributed by atoms with van der Waals surface area (Å²) in [6.07, 6.45) is 2.36. The summed E-state index contributed by atoms with van der Waals surface area (Å²) in [7, 11) is 0. The van der Waals surface area contributed by atoms with Gasteiger partial charge < -0.3 is 15.5 Å². The van der Waals surface area contributed by atoms with Crippen molar-refractivity contribution in [1.29, 1.82) is 0 Å². The summed E-state index contributed by atoms with van der Waals surface area (Å²) in [6.45, 7) is 1.77. The Hall–Kier alpha value is -2.86. The number of carbonyl (C=O) groups excluding carboxylic acids is 3. The van der Waals surface area contributed by atoms with Crippen molar-refractivity contribution < 1.29 is 14.4 Å². The van der Waals surface area contributed by atoms with Gasteiger partial charge in [0.05, 0.1) is 0 Å². The number of likely N-dealkylation sites (tertiary alicyclic amines) is 1. The molecule has 1 aliphatic heterocycles. The van der Waals surface area contributed by atoms with Gasteiger partial charge in [0.2, 0.25) is 11.8 Å². The Morgan fingerprint density at radius 3 is 2.62 bits per heavy atom. The lowest BCUT2D eigenvalue weighted by atomic mass is 10.2. The van der Waals surface area contributed by atoms with Gasteiger partial charge in [-0.1, -0.05) is 23.7 Å². The van der Waals surface area contributed by atoms with Crippen molar-refractivity contribution in [2.45, 2.75) is 32.2 Å². The summed E-state index contributed by atoms with van der Waals surface area (Å²) >= 11 is 5.81. The summed E-state index contributed by atoms with van der Waals surface area (Å²) in [5, 5.41) is 6.24. The summed E-state index contributed by atoms with van der Waals surface area (Å²) in [4.78, 5) is 37.8. The van der Waals surface area contributed by atoms with Crippen molar-refractivity contribution in [3.63, 3.8) is 0 Å².